The Balaban J connectivity index is 1.81. The van der Waals surface area contributed by atoms with E-state index in [4.69, 9.17) is 0 Å². The second-order valence-corrected chi connectivity index (χ2v) is 7.96. The van der Waals surface area contributed by atoms with Gasteiger partial charge in [0, 0.05) is 24.2 Å². The number of hydrogen-bond acceptors (Lipinski definition) is 3. The van der Waals surface area contributed by atoms with Crippen molar-refractivity contribution in [3.63, 3.8) is 0 Å². The first-order valence-electron chi connectivity index (χ1n) is 9.97. The van der Waals surface area contributed by atoms with E-state index in [0.29, 0.717) is 11.5 Å². The van der Waals surface area contributed by atoms with Crippen molar-refractivity contribution >= 4 is 16.5 Å². The molecule has 142 valence electrons. The van der Waals surface area contributed by atoms with Crippen LogP contribution < -0.4 is 4.90 Å². The maximum Gasteiger partial charge on any atom is 0.129 e. The van der Waals surface area contributed by atoms with E-state index in [1.165, 1.54) is 33.2 Å². The van der Waals surface area contributed by atoms with E-state index < -0.39 is 0 Å². The zero-order chi connectivity index (χ0) is 19.8. The number of anilines is 1. The Morgan fingerprint density at radius 2 is 1.89 bits per heavy atom. The first-order chi connectivity index (χ1) is 13.5. The van der Waals surface area contributed by atoms with Gasteiger partial charge in [0.25, 0.3) is 0 Å². The second kappa shape index (κ2) is 7.20. The standard InChI is InChI=1S/C25H26N2O/c1-16-10-11-24(28)21(14-26)18(3)20-12-13-27(15-22(16)20)23-9-5-8-19-7-4-6-17(2)25(19)23/h4-9,11,16,28H,10,12-13,15H2,1-3H3/b21-18-,24-11-. The van der Waals surface area contributed by atoms with Gasteiger partial charge in [-0.3, -0.25) is 0 Å². The van der Waals surface area contributed by atoms with Crippen molar-refractivity contribution in [3.05, 3.63) is 76.1 Å². The minimum Gasteiger partial charge on any atom is -0.507 e. The lowest BCUT2D eigenvalue weighted by molar-refractivity contribution is 0.419. The van der Waals surface area contributed by atoms with Gasteiger partial charge in [0.1, 0.15) is 11.8 Å². The van der Waals surface area contributed by atoms with Crippen LogP contribution in [0.15, 0.2) is 70.5 Å². The van der Waals surface area contributed by atoms with Crippen molar-refractivity contribution in [1.29, 1.82) is 5.26 Å². The van der Waals surface area contributed by atoms with E-state index >= 15 is 0 Å². The van der Waals surface area contributed by atoms with Crippen LogP contribution in [0.5, 0.6) is 0 Å². The number of benzene rings is 2. The molecule has 1 heterocycles. The Morgan fingerprint density at radius 3 is 2.64 bits per heavy atom. The van der Waals surface area contributed by atoms with Crippen molar-refractivity contribution in [2.45, 2.75) is 33.6 Å². The van der Waals surface area contributed by atoms with Crippen molar-refractivity contribution in [3.8, 4) is 6.07 Å². The summed E-state index contributed by atoms with van der Waals surface area (Å²) in [5.74, 6) is 0.469. The molecule has 3 nitrogen and oxygen atoms in total. The number of aliphatic hydroxyl groups is 1. The molecule has 0 saturated heterocycles. The summed E-state index contributed by atoms with van der Waals surface area (Å²) in [6.07, 6.45) is 3.45. The summed E-state index contributed by atoms with van der Waals surface area (Å²) in [6.45, 7) is 8.17. The molecular formula is C25H26N2O. The minimum atomic E-state index is 0.130. The molecule has 1 aliphatic carbocycles. The summed E-state index contributed by atoms with van der Waals surface area (Å²) >= 11 is 0. The van der Waals surface area contributed by atoms with Gasteiger partial charge < -0.3 is 10.0 Å². The third-order valence-electron chi connectivity index (χ3n) is 6.27. The van der Waals surface area contributed by atoms with Gasteiger partial charge in [0.2, 0.25) is 0 Å². The predicted octanol–water partition coefficient (Wildman–Crippen LogP) is 5.98. The van der Waals surface area contributed by atoms with Crippen LogP contribution in [-0.2, 0) is 0 Å². The van der Waals surface area contributed by atoms with Crippen LogP contribution in [0.25, 0.3) is 10.8 Å². The van der Waals surface area contributed by atoms with Gasteiger partial charge in [-0.05, 0) is 72.4 Å². The summed E-state index contributed by atoms with van der Waals surface area (Å²) in [5.41, 5.74) is 6.61. The zero-order valence-electron chi connectivity index (χ0n) is 16.8. The SMILES string of the molecule is C/C1=C(C#N)/C(O)=C/CC(C)C2=C1CCN(c1cccc3cccc(C)c13)C2. The Bertz CT molecular complexity index is 1080. The van der Waals surface area contributed by atoms with Gasteiger partial charge in [0.05, 0.1) is 5.57 Å². The van der Waals surface area contributed by atoms with E-state index in [2.05, 4.69) is 61.2 Å². The molecule has 0 saturated carbocycles. The summed E-state index contributed by atoms with van der Waals surface area (Å²) in [4.78, 5) is 2.48. The fourth-order valence-electron chi connectivity index (χ4n) is 4.66. The van der Waals surface area contributed by atoms with Crippen LogP contribution >= 0.6 is 0 Å². The van der Waals surface area contributed by atoms with Crippen molar-refractivity contribution in [2.75, 3.05) is 18.0 Å². The number of nitrogens with zero attached hydrogens (tertiary/aromatic N) is 2. The van der Waals surface area contributed by atoms with Gasteiger partial charge in [-0.25, -0.2) is 0 Å². The molecule has 0 spiro atoms. The maximum atomic E-state index is 10.3. The Hall–Kier alpha value is -2.99. The van der Waals surface area contributed by atoms with Crippen LogP contribution in [-0.4, -0.2) is 18.2 Å². The smallest absolute Gasteiger partial charge is 0.129 e. The molecule has 2 aromatic carbocycles. The predicted molar refractivity (Wildman–Crippen MR) is 115 cm³/mol. The van der Waals surface area contributed by atoms with E-state index in [-0.39, 0.29) is 5.76 Å². The molecule has 0 fully saturated rings. The van der Waals surface area contributed by atoms with Gasteiger partial charge >= 0.3 is 0 Å². The molecule has 0 bridgehead atoms. The van der Waals surface area contributed by atoms with Crippen LogP contribution in [0.3, 0.4) is 0 Å². The van der Waals surface area contributed by atoms with Gasteiger partial charge in [-0.15, -0.1) is 0 Å². The highest BCUT2D eigenvalue weighted by Crippen LogP contribution is 2.38. The lowest BCUT2D eigenvalue weighted by Crippen LogP contribution is -2.34. The van der Waals surface area contributed by atoms with Gasteiger partial charge in [-0.2, -0.15) is 5.26 Å². The zero-order valence-corrected chi connectivity index (χ0v) is 16.8. The fourth-order valence-corrected chi connectivity index (χ4v) is 4.66. The maximum absolute atomic E-state index is 10.3. The molecular weight excluding hydrogens is 344 g/mol. The minimum absolute atomic E-state index is 0.130. The molecule has 1 unspecified atom stereocenters. The Kier molecular flexibility index (Phi) is 4.73. The average Bonchev–Trinajstić information content (AvgIpc) is 2.71. The van der Waals surface area contributed by atoms with Crippen LogP contribution in [0, 0.1) is 24.2 Å². The van der Waals surface area contributed by atoms with Crippen LogP contribution in [0.4, 0.5) is 5.69 Å². The van der Waals surface area contributed by atoms with Gasteiger partial charge in [-0.1, -0.05) is 37.3 Å². The summed E-state index contributed by atoms with van der Waals surface area (Å²) in [7, 11) is 0. The number of aryl methyl sites for hydroxylation is 1. The number of rotatable bonds is 1. The molecule has 1 N–H and O–H groups in total. The topological polar surface area (TPSA) is 47.3 Å². The molecule has 1 aliphatic heterocycles. The summed E-state index contributed by atoms with van der Waals surface area (Å²) in [6, 6.07) is 15.2. The molecule has 0 amide bonds. The lowest BCUT2D eigenvalue weighted by atomic mass is 9.81. The first-order valence-corrected chi connectivity index (χ1v) is 9.97. The molecule has 28 heavy (non-hydrogen) atoms. The lowest BCUT2D eigenvalue weighted by Gasteiger charge is -2.37. The number of aliphatic hydroxyl groups excluding tert-OH is 1. The third kappa shape index (κ3) is 2.99. The summed E-state index contributed by atoms with van der Waals surface area (Å²) < 4.78 is 0. The monoisotopic (exact) mass is 370 g/mol. The highest BCUT2D eigenvalue weighted by atomic mass is 16.3. The largest absolute Gasteiger partial charge is 0.507 e. The highest BCUT2D eigenvalue weighted by Gasteiger charge is 2.27. The van der Waals surface area contributed by atoms with E-state index in [1.54, 1.807) is 6.08 Å². The van der Waals surface area contributed by atoms with Crippen molar-refractivity contribution in [2.24, 2.45) is 5.92 Å². The van der Waals surface area contributed by atoms with E-state index in [1.807, 2.05) is 6.92 Å². The van der Waals surface area contributed by atoms with Crippen molar-refractivity contribution < 1.29 is 5.11 Å². The molecule has 4 rings (SSSR count). The first kappa shape index (κ1) is 18.4. The molecule has 0 aromatic heterocycles. The highest BCUT2D eigenvalue weighted by molar-refractivity contribution is 5.97. The third-order valence-corrected chi connectivity index (χ3v) is 6.27. The van der Waals surface area contributed by atoms with E-state index in [0.717, 1.165) is 31.5 Å². The fraction of sp³-hybridized carbons (Fsp3) is 0.320. The van der Waals surface area contributed by atoms with E-state index in [9.17, 15) is 10.4 Å². The Labute approximate surface area is 166 Å². The van der Waals surface area contributed by atoms with Crippen LogP contribution in [0.2, 0.25) is 0 Å². The number of hydrogen-bond donors (Lipinski definition) is 1. The Morgan fingerprint density at radius 1 is 1.14 bits per heavy atom. The molecule has 1 atom stereocenters. The molecule has 3 heteroatoms. The van der Waals surface area contributed by atoms with Crippen molar-refractivity contribution in [1.82, 2.24) is 0 Å². The number of nitriles is 1. The average molecular weight is 370 g/mol. The molecule has 0 radical (unpaired) electrons. The summed E-state index contributed by atoms with van der Waals surface area (Å²) in [5, 5.41) is 22.4. The quantitative estimate of drug-likeness (QED) is 0.672. The number of allylic oxidation sites excluding steroid dienone is 3. The van der Waals surface area contributed by atoms with Gasteiger partial charge in [0.15, 0.2) is 0 Å². The normalized spacial score (nSPS) is 24.9. The second-order valence-electron chi connectivity index (χ2n) is 7.96. The molecule has 2 aromatic rings. The van der Waals surface area contributed by atoms with Crippen LogP contribution in [0.1, 0.15) is 32.3 Å². The molecule has 2 aliphatic rings. The number of fused-ring (bicyclic) bond motifs is 1.